The van der Waals surface area contributed by atoms with E-state index in [0.29, 0.717) is 5.56 Å². The Kier molecular flexibility index (Phi) is 5.80. The number of anilines is 1. The van der Waals surface area contributed by atoms with Crippen LogP contribution in [0.4, 0.5) is 19.0 Å². The lowest BCUT2D eigenvalue weighted by atomic mass is 10.1. The first kappa shape index (κ1) is 21.7. The minimum absolute atomic E-state index is 0.0614. The van der Waals surface area contributed by atoms with Crippen molar-refractivity contribution in [1.82, 2.24) is 15.0 Å². The maximum absolute atomic E-state index is 13.4. The smallest absolute Gasteiger partial charge is 0.353 e. The van der Waals surface area contributed by atoms with Gasteiger partial charge in [-0.15, -0.1) is 0 Å². The van der Waals surface area contributed by atoms with Crippen LogP contribution >= 0.6 is 0 Å². The Bertz CT molecular complexity index is 1130. The number of sulfone groups is 1. The lowest BCUT2D eigenvalue weighted by Crippen LogP contribution is -2.24. The highest BCUT2D eigenvalue weighted by Crippen LogP contribution is 2.33. The monoisotopic (exact) mass is 436 g/mol. The van der Waals surface area contributed by atoms with Crippen molar-refractivity contribution in [2.45, 2.75) is 24.0 Å². The number of aromatic nitrogens is 3. The first-order valence-corrected chi connectivity index (χ1v) is 10.8. The largest absolute Gasteiger partial charge is 0.433 e. The third kappa shape index (κ3) is 4.76. The Labute approximate surface area is 172 Å². The molecule has 0 fully saturated rings. The fraction of sp³-hybridized carbons (Fsp3) is 0.250. The van der Waals surface area contributed by atoms with E-state index >= 15 is 0 Å². The van der Waals surface area contributed by atoms with E-state index in [1.54, 1.807) is 31.0 Å². The normalized spacial score (nSPS) is 13.1. The first-order chi connectivity index (χ1) is 14.0. The summed E-state index contributed by atoms with van der Waals surface area (Å²) in [4.78, 5) is 13.6. The molecule has 0 aliphatic carbocycles. The molecule has 6 nitrogen and oxygen atoms in total. The molecule has 2 heterocycles. The molecule has 3 aromatic rings. The summed E-state index contributed by atoms with van der Waals surface area (Å²) in [6, 6.07) is 9.79. The van der Waals surface area contributed by atoms with Crippen molar-refractivity contribution in [3.8, 4) is 11.4 Å². The van der Waals surface area contributed by atoms with Gasteiger partial charge in [-0.25, -0.2) is 18.4 Å². The van der Waals surface area contributed by atoms with Crippen LogP contribution in [-0.4, -0.2) is 36.7 Å². The highest BCUT2D eigenvalue weighted by Gasteiger charge is 2.34. The molecule has 1 unspecified atom stereocenters. The van der Waals surface area contributed by atoms with E-state index in [2.05, 4.69) is 15.0 Å². The Morgan fingerprint density at radius 1 is 1.00 bits per heavy atom. The van der Waals surface area contributed by atoms with E-state index in [-0.39, 0.29) is 22.6 Å². The van der Waals surface area contributed by atoms with Crippen molar-refractivity contribution in [3.63, 3.8) is 0 Å². The number of pyridine rings is 1. The van der Waals surface area contributed by atoms with Crippen molar-refractivity contribution < 1.29 is 21.6 Å². The highest BCUT2D eigenvalue weighted by atomic mass is 32.2. The van der Waals surface area contributed by atoms with Gasteiger partial charge in [-0.3, -0.25) is 4.98 Å². The van der Waals surface area contributed by atoms with E-state index in [9.17, 15) is 21.6 Å². The molecule has 158 valence electrons. The van der Waals surface area contributed by atoms with Crippen LogP contribution < -0.4 is 4.90 Å². The summed E-state index contributed by atoms with van der Waals surface area (Å²) in [5, 5.41) is 0. The van der Waals surface area contributed by atoms with Gasteiger partial charge in [0.25, 0.3) is 0 Å². The molecule has 0 aliphatic rings. The van der Waals surface area contributed by atoms with Crippen LogP contribution in [0.15, 0.2) is 59.8 Å². The summed E-state index contributed by atoms with van der Waals surface area (Å²) < 4.78 is 63.6. The van der Waals surface area contributed by atoms with Crippen molar-refractivity contribution in [1.29, 1.82) is 0 Å². The Hall–Kier alpha value is -3.01. The number of nitrogens with zero attached hydrogens (tertiary/aromatic N) is 4. The Morgan fingerprint density at radius 2 is 1.60 bits per heavy atom. The molecule has 0 aliphatic heterocycles. The van der Waals surface area contributed by atoms with Gasteiger partial charge >= 0.3 is 6.18 Å². The fourth-order valence-corrected chi connectivity index (χ4v) is 3.44. The molecule has 0 saturated carbocycles. The van der Waals surface area contributed by atoms with Crippen LogP contribution in [-0.2, 0) is 16.0 Å². The van der Waals surface area contributed by atoms with E-state index in [0.717, 1.165) is 17.9 Å². The summed E-state index contributed by atoms with van der Waals surface area (Å²) in [5.41, 5.74) is 0.0872. The predicted octanol–water partition coefficient (Wildman–Crippen LogP) is 4.16. The molecular formula is C20H19F3N4O2S. The van der Waals surface area contributed by atoms with E-state index in [1.165, 1.54) is 36.7 Å². The van der Waals surface area contributed by atoms with Crippen molar-refractivity contribution in [2.75, 3.05) is 18.2 Å². The van der Waals surface area contributed by atoms with Gasteiger partial charge in [0.1, 0.15) is 5.82 Å². The molecule has 0 amide bonds. The van der Waals surface area contributed by atoms with Crippen LogP contribution in [0.5, 0.6) is 0 Å². The zero-order valence-electron chi connectivity index (χ0n) is 16.4. The van der Waals surface area contributed by atoms with Crippen molar-refractivity contribution in [3.05, 3.63) is 66.1 Å². The van der Waals surface area contributed by atoms with Crippen LogP contribution in [0.2, 0.25) is 0 Å². The molecule has 1 atom stereocenters. The molecular weight excluding hydrogens is 417 g/mol. The standard InChI is InChI=1S/C20H19F3N4O2S/c1-13(14-4-6-16(7-5-14)30(3,28)29)27(2)18-12-17(20(21,22)23)25-19(26-18)15-8-10-24-11-9-15/h4-13H,1-3H3. The molecule has 0 N–H and O–H groups in total. The number of alkyl halides is 3. The Morgan fingerprint density at radius 3 is 2.13 bits per heavy atom. The average Bonchev–Trinajstić information content (AvgIpc) is 2.72. The third-order valence-corrected chi connectivity index (χ3v) is 5.80. The second-order valence-corrected chi connectivity index (χ2v) is 8.81. The molecule has 2 aromatic heterocycles. The Balaban J connectivity index is 2.01. The predicted molar refractivity (Wildman–Crippen MR) is 107 cm³/mol. The van der Waals surface area contributed by atoms with Gasteiger partial charge in [-0.2, -0.15) is 13.2 Å². The van der Waals surface area contributed by atoms with Gasteiger partial charge in [0.05, 0.1) is 10.9 Å². The van der Waals surface area contributed by atoms with Gasteiger partial charge in [0.2, 0.25) is 0 Å². The first-order valence-electron chi connectivity index (χ1n) is 8.86. The van der Waals surface area contributed by atoms with Gasteiger partial charge in [-0.05, 0) is 36.8 Å². The van der Waals surface area contributed by atoms with Crippen LogP contribution in [0, 0.1) is 0 Å². The SMILES string of the molecule is CC(c1ccc(S(C)(=O)=O)cc1)N(C)c1cc(C(F)(F)F)nc(-c2ccncc2)n1. The maximum Gasteiger partial charge on any atom is 0.433 e. The minimum atomic E-state index is -4.64. The minimum Gasteiger partial charge on any atom is -0.353 e. The van der Waals surface area contributed by atoms with E-state index < -0.39 is 21.7 Å². The number of hydrogen-bond acceptors (Lipinski definition) is 6. The van der Waals surface area contributed by atoms with Gasteiger partial charge < -0.3 is 4.90 Å². The molecule has 3 rings (SSSR count). The topological polar surface area (TPSA) is 76.1 Å². The molecule has 0 radical (unpaired) electrons. The fourth-order valence-electron chi connectivity index (χ4n) is 2.81. The van der Waals surface area contributed by atoms with Crippen molar-refractivity contribution >= 4 is 15.7 Å². The number of halogens is 3. The summed E-state index contributed by atoms with van der Waals surface area (Å²) >= 11 is 0. The summed E-state index contributed by atoms with van der Waals surface area (Å²) in [7, 11) is -1.72. The number of rotatable bonds is 5. The molecule has 10 heteroatoms. The third-order valence-electron chi connectivity index (χ3n) is 4.67. The lowest BCUT2D eigenvalue weighted by Gasteiger charge is -2.27. The lowest BCUT2D eigenvalue weighted by molar-refractivity contribution is -0.141. The van der Waals surface area contributed by atoms with Crippen LogP contribution in [0.25, 0.3) is 11.4 Å². The van der Waals surface area contributed by atoms with Crippen LogP contribution in [0.1, 0.15) is 24.2 Å². The van der Waals surface area contributed by atoms with Gasteiger partial charge in [0, 0.05) is 37.3 Å². The summed E-state index contributed by atoms with van der Waals surface area (Å²) in [6.07, 6.45) is -0.624. The van der Waals surface area contributed by atoms with Gasteiger partial charge in [-0.1, -0.05) is 12.1 Å². The van der Waals surface area contributed by atoms with Crippen molar-refractivity contribution in [2.24, 2.45) is 0 Å². The quantitative estimate of drug-likeness (QED) is 0.598. The number of hydrogen-bond donors (Lipinski definition) is 0. The molecule has 30 heavy (non-hydrogen) atoms. The van der Waals surface area contributed by atoms with E-state index in [1.807, 2.05) is 0 Å². The molecule has 1 aromatic carbocycles. The number of benzene rings is 1. The van der Waals surface area contributed by atoms with E-state index in [4.69, 9.17) is 0 Å². The van der Waals surface area contributed by atoms with Crippen LogP contribution in [0.3, 0.4) is 0 Å². The molecule has 0 spiro atoms. The zero-order valence-corrected chi connectivity index (χ0v) is 17.2. The highest BCUT2D eigenvalue weighted by molar-refractivity contribution is 7.90. The second kappa shape index (κ2) is 8.02. The molecule has 0 bridgehead atoms. The average molecular weight is 436 g/mol. The zero-order chi connectivity index (χ0) is 22.1. The summed E-state index contributed by atoms with van der Waals surface area (Å²) in [5.74, 6) is 0.0255. The molecule has 0 saturated heterocycles. The second-order valence-electron chi connectivity index (χ2n) is 6.80. The van der Waals surface area contributed by atoms with Gasteiger partial charge in [0.15, 0.2) is 21.4 Å². The summed E-state index contributed by atoms with van der Waals surface area (Å²) in [6.45, 7) is 1.79. The maximum atomic E-state index is 13.4.